The Morgan fingerprint density at radius 2 is 2.20 bits per heavy atom. The van der Waals surface area contributed by atoms with Crippen LogP contribution in [0.15, 0.2) is 0 Å². The summed E-state index contributed by atoms with van der Waals surface area (Å²) in [5, 5.41) is 11.3. The van der Waals surface area contributed by atoms with Gasteiger partial charge in [-0.05, 0) is 6.92 Å². The van der Waals surface area contributed by atoms with Crippen LogP contribution in [0.2, 0.25) is 0 Å². The molecule has 1 fully saturated rings. The largest absolute Gasteiger partial charge is 0.633 e. The summed E-state index contributed by atoms with van der Waals surface area (Å²) in [6, 6.07) is 0. The molecule has 60 valence electrons. The van der Waals surface area contributed by atoms with Crippen molar-refractivity contribution >= 4 is 0 Å². The van der Waals surface area contributed by atoms with Gasteiger partial charge in [-0.25, -0.2) is 0 Å². The molecule has 0 aliphatic carbocycles. The lowest BCUT2D eigenvalue weighted by Crippen LogP contribution is -2.39. The fourth-order valence-electron chi connectivity index (χ4n) is 1.51. The van der Waals surface area contributed by atoms with Gasteiger partial charge in [0, 0.05) is 13.5 Å². The molecular weight excluding hydrogens is 130 g/mol. The fourth-order valence-corrected chi connectivity index (χ4v) is 1.51. The summed E-state index contributed by atoms with van der Waals surface area (Å²) in [4.78, 5) is 0. The molecule has 0 amide bonds. The van der Waals surface area contributed by atoms with Crippen molar-refractivity contribution in [3.8, 4) is 0 Å². The number of nitrogens with zero attached hydrogens (tertiary/aromatic N) is 1. The molecule has 2 atom stereocenters. The van der Waals surface area contributed by atoms with Crippen LogP contribution in [0, 0.1) is 5.21 Å². The van der Waals surface area contributed by atoms with E-state index >= 15 is 0 Å². The molecule has 0 radical (unpaired) electrons. The van der Waals surface area contributed by atoms with Gasteiger partial charge in [0.15, 0.2) is 0 Å². The Balaban J connectivity index is 2.57. The highest BCUT2D eigenvalue weighted by Crippen LogP contribution is 2.27. The summed E-state index contributed by atoms with van der Waals surface area (Å²) in [5.41, 5.74) is -0.170. The number of likely N-dealkylation sites (tertiary alicyclic amines) is 1. The van der Waals surface area contributed by atoms with Crippen LogP contribution in [-0.2, 0) is 4.74 Å². The van der Waals surface area contributed by atoms with Gasteiger partial charge in [0.1, 0.15) is 12.1 Å². The van der Waals surface area contributed by atoms with E-state index in [4.69, 9.17) is 4.74 Å². The van der Waals surface area contributed by atoms with Crippen molar-refractivity contribution in [2.75, 3.05) is 27.2 Å². The van der Waals surface area contributed by atoms with Gasteiger partial charge in [-0.3, -0.25) is 0 Å². The molecule has 3 nitrogen and oxygen atoms in total. The molecule has 0 bridgehead atoms. The standard InChI is InChI=1S/C7H15NO2/c1-7(10-3)4-5-8(2,9)6-7/h4-6H2,1-3H3. The van der Waals surface area contributed by atoms with Crippen molar-refractivity contribution in [3.05, 3.63) is 5.21 Å². The molecule has 2 unspecified atom stereocenters. The summed E-state index contributed by atoms with van der Waals surface area (Å²) in [6.07, 6.45) is 0.878. The molecule has 1 heterocycles. The average Bonchev–Trinajstić information content (AvgIpc) is 2.08. The van der Waals surface area contributed by atoms with Crippen LogP contribution >= 0.6 is 0 Å². The third-order valence-electron chi connectivity index (χ3n) is 2.28. The minimum atomic E-state index is -0.170. The quantitative estimate of drug-likeness (QED) is 0.402. The van der Waals surface area contributed by atoms with Gasteiger partial charge < -0.3 is 14.6 Å². The Kier molecular flexibility index (Phi) is 1.75. The summed E-state index contributed by atoms with van der Waals surface area (Å²) < 4.78 is 5.07. The van der Waals surface area contributed by atoms with E-state index in [2.05, 4.69) is 0 Å². The molecule has 10 heavy (non-hydrogen) atoms. The van der Waals surface area contributed by atoms with E-state index in [0.717, 1.165) is 6.42 Å². The third kappa shape index (κ3) is 1.48. The van der Waals surface area contributed by atoms with E-state index in [0.29, 0.717) is 13.1 Å². The minimum absolute atomic E-state index is 0.148. The number of hydroxylamine groups is 3. The summed E-state index contributed by atoms with van der Waals surface area (Å²) in [5.74, 6) is 0. The van der Waals surface area contributed by atoms with Crippen LogP contribution in [-0.4, -0.2) is 37.5 Å². The Morgan fingerprint density at radius 1 is 1.60 bits per heavy atom. The predicted molar refractivity (Wildman–Crippen MR) is 39.3 cm³/mol. The van der Waals surface area contributed by atoms with E-state index < -0.39 is 0 Å². The van der Waals surface area contributed by atoms with Gasteiger partial charge >= 0.3 is 0 Å². The van der Waals surface area contributed by atoms with Crippen LogP contribution in [0.4, 0.5) is 0 Å². The minimum Gasteiger partial charge on any atom is -0.633 e. The number of quaternary nitrogens is 1. The first-order chi connectivity index (χ1) is 4.47. The Bertz CT molecular complexity index is 136. The van der Waals surface area contributed by atoms with E-state index in [1.165, 1.54) is 0 Å². The van der Waals surface area contributed by atoms with Gasteiger partial charge in [0.05, 0.1) is 13.6 Å². The van der Waals surface area contributed by atoms with Crippen LogP contribution < -0.4 is 0 Å². The van der Waals surface area contributed by atoms with Gasteiger partial charge in [0.25, 0.3) is 0 Å². The van der Waals surface area contributed by atoms with Crippen molar-refractivity contribution in [3.63, 3.8) is 0 Å². The zero-order valence-corrected chi connectivity index (χ0v) is 6.89. The predicted octanol–water partition coefficient (Wildman–Crippen LogP) is 0.740. The maximum Gasteiger partial charge on any atom is 0.119 e. The number of hydrogen-bond acceptors (Lipinski definition) is 2. The first kappa shape index (κ1) is 7.98. The van der Waals surface area contributed by atoms with Crippen molar-refractivity contribution in [1.29, 1.82) is 0 Å². The van der Waals surface area contributed by atoms with E-state index in [-0.39, 0.29) is 10.2 Å². The van der Waals surface area contributed by atoms with Crippen LogP contribution in [0.1, 0.15) is 13.3 Å². The summed E-state index contributed by atoms with van der Waals surface area (Å²) in [7, 11) is 3.37. The molecule has 1 aliphatic heterocycles. The zero-order valence-electron chi connectivity index (χ0n) is 6.89. The third-order valence-corrected chi connectivity index (χ3v) is 2.28. The highest BCUT2D eigenvalue weighted by molar-refractivity contribution is 4.79. The number of ether oxygens (including phenoxy) is 1. The second-order valence-electron chi connectivity index (χ2n) is 3.58. The first-order valence-corrected chi connectivity index (χ1v) is 3.58. The normalized spacial score (nSPS) is 48.0. The van der Waals surface area contributed by atoms with Gasteiger partial charge in [-0.2, -0.15) is 0 Å². The van der Waals surface area contributed by atoms with Crippen molar-refractivity contribution in [2.24, 2.45) is 0 Å². The van der Waals surface area contributed by atoms with Crippen molar-refractivity contribution < 1.29 is 9.38 Å². The molecular formula is C7H15NO2. The molecule has 0 aromatic rings. The number of likely N-dealkylation sites (N-methyl/N-ethyl adjacent to an activating group) is 1. The van der Waals surface area contributed by atoms with Gasteiger partial charge in [-0.1, -0.05) is 0 Å². The molecule has 0 aromatic heterocycles. The lowest BCUT2D eigenvalue weighted by molar-refractivity contribution is -0.850. The van der Waals surface area contributed by atoms with E-state index in [1.54, 1.807) is 14.2 Å². The smallest absolute Gasteiger partial charge is 0.119 e. The highest BCUT2D eigenvalue weighted by atomic mass is 16.6. The van der Waals surface area contributed by atoms with E-state index in [9.17, 15) is 5.21 Å². The molecule has 0 spiro atoms. The van der Waals surface area contributed by atoms with Crippen LogP contribution in [0.3, 0.4) is 0 Å². The van der Waals surface area contributed by atoms with E-state index in [1.807, 2.05) is 6.92 Å². The monoisotopic (exact) mass is 145 g/mol. The van der Waals surface area contributed by atoms with Crippen molar-refractivity contribution in [2.45, 2.75) is 18.9 Å². The topological polar surface area (TPSA) is 32.3 Å². The molecule has 0 saturated carbocycles. The Morgan fingerprint density at radius 3 is 2.40 bits per heavy atom. The van der Waals surface area contributed by atoms with Gasteiger partial charge in [0.2, 0.25) is 0 Å². The van der Waals surface area contributed by atoms with Crippen molar-refractivity contribution in [1.82, 2.24) is 0 Å². The maximum atomic E-state index is 11.3. The molecule has 0 aromatic carbocycles. The molecule has 0 N–H and O–H groups in total. The van der Waals surface area contributed by atoms with Crippen LogP contribution in [0.5, 0.6) is 0 Å². The Hall–Kier alpha value is -0.120. The lowest BCUT2D eigenvalue weighted by Gasteiger charge is -2.35. The lowest BCUT2D eigenvalue weighted by atomic mass is 10.1. The number of rotatable bonds is 1. The maximum absolute atomic E-state index is 11.3. The second kappa shape index (κ2) is 2.19. The second-order valence-corrected chi connectivity index (χ2v) is 3.58. The summed E-state index contributed by atoms with van der Waals surface area (Å²) >= 11 is 0. The average molecular weight is 145 g/mol. The molecule has 3 heteroatoms. The van der Waals surface area contributed by atoms with Crippen LogP contribution in [0.25, 0.3) is 0 Å². The summed E-state index contributed by atoms with van der Waals surface area (Å²) in [6.45, 7) is 3.27. The first-order valence-electron chi connectivity index (χ1n) is 3.58. The fraction of sp³-hybridized carbons (Fsp3) is 1.00. The molecule has 1 saturated heterocycles. The molecule has 1 rings (SSSR count). The zero-order chi connectivity index (χ0) is 7.83. The SMILES string of the molecule is COC1(C)CC[N+](C)([O-])C1. The molecule has 1 aliphatic rings. The van der Waals surface area contributed by atoms with Gasteiger partial charge in [-0.15, -0.1) is 0 Å². The highest BCUT2D eigenvalue weighted by Gasteiger charge is 2.38. The Labute approximate surface area is 61.8 Å². The number of methoxy groups -OCH3 is 1. The number of hydrogen-bond donors (Lipinski definition) is 0.